The summed E-state index contributed by atoms with van der Waals surface area (Å²) in [5.41, 5.74) is 5.16. The number of hydrogen-bond donors (Lipinski definition) is 4. The molecule has 0 aliphatic carbocycles. The summed E-state index contributed by atoms with van der Waals surface area (Å²) in [6.07, 6.45) is -2.49. The highest BCUT2D eigenvalue weighted by atomic mass is 16.7. The first kappa shape index (κ1) is 13.8. The molecule has 1 fully saturated rings. The molecule has 1 aliphatic rings. The Morgan fingerprint density at radius 3 is 2.43 bits per heavy atom. The molecule has 0 saturated carbocycles. The second-order valence-corrected chi connectivity index (χ2v) is 2.74. The van der Waals surface area contributed by atoms with Crippen LogP contribution in [0, 0.1) is 0 Å². The van der Waals surface area contributed by atoms with Gasteiger partial charge in [-0.1, -0.05) is 0 Å². The average molecular weight is 209 g/mol. The number of ether oxygens (including phenoxy) is 2. The standard InChI is InChI=1S/C6H13NO4.C2H6O/c7-1-2-10-6-5(9)4(8)3-11-6;1-2-3/h4-6,8-9H,1-3,7H2;3H,2H2,1H3. The lowest BCUT2D eigenvalue weighted by molar-refractivity contribution is -0.150. The number of rotatable bonds is 3. The Morgan fingerprint density at radius 1 is 1.50 bits per heavy atom. The van der Waals surface area contributed by atoms with Gasteiger partial charge in [0, 0.05) is 13.2 Å². The molecular formula is C8H19NO5. The molecule has 1 saturated heterocycles. The summed E-state index contributed by atoms with van der Waals surface area (Å²) in [6, 6.07) is 0. The summed E-state index contributed by atoms with van der Waals surface area (Å²) < 4.78 is 9.88. The molecule has 5 N–H and O–H groups in total. The molecule has 86 valence electrons. The predicted octanol–water partition coefficient (Wildman–Crippen LogP) is -1.96. The van der Waals surface area contributed by atoms with Crippen molar-refractivity contribution in [3.05, 3.63) is 0 Å². The lowest BCUT2D eigenvalue weighted by Gasteiger charge is -2.14. The smallest absolute Gasteiger partial charge is 0.186 e. The molecule has 0 aromatic rings. The van der Waals surface area contributed by atoms with Crippen LogP contribution in [0.25, 0.3) is 0 Å². The van der Waals surface area contributed by atoms with Crippen molar-refractivity contribution in [3.63, 3.8) is 0 Å². The third-order valence-electron chi connectivity index (χ3n) is 1.50. The van der Waals surface area contributed by atoms with Crippen molar-refractivity contribution in [1.29, 1.82) is 0 Å². The van der Waals surface area contributed by atoms with E-state index in [-0.39, 0.29) is 13.2 Å². The second-order valence-electron chi connectivity index (χ2n) is 2.74. The summed E-state index contributed by atoms with van der Waals surface area (Å²) >= 11 is 0. The molecule has 1 heterocycles. The van der Waals surface area contributed by atoms with Gasteiger partial charge in [-0.2, -0.15) is 0 Å². The second kappa shape index (κ2) is 8.10. The maximum absolute atomic E-state index is 9.14. The zero-order valence-electron chi connectivity index (χ0n) is 8.30. The molecule has 3 unspecified atom stereocenters. The van der Waals surface area contributed by atoms with Crippen molar-refractivity contribution < 1.29 is 24.8 Å². The average Bonchev–Trinajstić information content (AvgIpc) is 2.47. The van der Waals surface area contributed by atoms with Gasteiger partial charge >= 0.3 is 0 Å². The van der Waals surface area contributed by atoms with Crippen molar-refractivity contribution in [3.8, 4) is 0 Å². The Kier molecular flexibility index (Phi) is 7.96. The SMILES string of the molecule is CCO.NCCOC1OCC(O)C1O. The lowest BCUT2D eigenvalue weighted by atomic mass is 10.2. The minimum Gasteiger partial charge on any atom is -0.397 e. The van der Waals surface area contributed by atoms with Crippen LogP contribution in [0.1, 0.15) is 6.92 Å². The van der Waals surface area contributed by atoms with E-state index in [4.69, 9.17) is 30.5 Å². The Morgan fingerprint density at radius 2 is 2.07 bits per heavy atom. The summed E-state index contributed by atoms with van der Waals surface area (Å²) in [6.45, 7) is 2.76. The molecular weight excluding hydrogens is 190 g/mol. The number of aliphatic hydroxyl groups excluding tert-OH is 3. The van der Waals surface area contributed by atoms with Crippen molar-refractivity contribution in [2.75, 3.05) is 26.4 Å². The van der Waals surface area contributed by atoms with E-state index in [2.05, 4.69) is 0 Å². The maximum Gasteiger partial charge on any atom is 0.186 e. The number of hydrogen-bond acceptors (Lipinski definition) is 6. The van der Waals surface area contributed by atoms with Gasteiger partial charge < -0.3 is 30.5 Å². The van der Waals surface area contributed by atoms with Gasteiger partial charge in [-0.3, -0.25) is 0 Å². The van der Waals surface area contributed by atoms with Crippen LogP contribution in [0.15, 0.2) is 0 Å². The van der Waals surface area contributed by atoms with E-state index >= 15 is 0 Å². The summed E-state index contributed by atoms with van der Waals surface area (Å²) in [4.78, 5) is 0. The predicted molar refractivity (Wildman–Crippen MR) is 49.5 cm³/mol. The van der Waals surface area contributed by atoms with Gasteiger partial charge in [0.15, 0.2) is 6.29 Å². The minimum atomic E-state index is -0.943. The topological polar surface area (TPSA) is 105 Å². The Hall–Kier alpha value is -0.240. The van der Waals surface area contributed by atoms with Gasteiger partial charge in [-0.05, 0) is 6.92 Å². The van der Waals surface area contributed by atoms with E-state index < -0.39 is 18.5 Å². The molecule has 14 heavy (non-hydrogen) atoms. The monoisotopic (exact) mass is 209 g/mol. The van der Waals surface area contributed by atoms with Crippen LogP contribution in [0.3, 0.4) is 0 Å². The molecule has 0 spiro atoms. The maximum atomic E-state index is 9.14. The van der Waals surface area contributed by atoms with Gasteiger partial charge in [-0.25, -0.2) is 0 Å². The van der Waals surface area contributed by atoms with Crippen molar-refractivity contribution in [2.45, 2.75) is 25.4 Å². The fourth-order valence-corrected chi connectivity index (χ4v) is 0.903. The zero-order chi connectivity index (χ0) is 11.0. The van der Waals surface area contributed by atoms with E-state index in [9.17, 15) is 0 Å². The van der Waals surface area contributed by atoms with Gasteiger partial charge in [0.2, 0.25) is 0 Å². The highest BCUT2D eigenvalue weighted by Crippen LogP contribution is 2.14. The molecule has 0 radical (unpaired) electrons. The van der Waals surface area contributed by atoms with Crippen LogP contribution in [0.2, 0.25) is 0 Å². The van der Waals surface area contributed by atoms with Crippen LogP contribution in [0.4, 0.5) is 0 Å². The highest BCUT2D eigenvalue weighted by Gasteiger charge is 2.34. The molecule has 0 aromatic heterocycles. The Bertz CT molecular complexity index is 135. The van der Waals surface area contributed by atoms with Crippen molar-refractivity contribution >= 4 is 0 Å². The van der Waals surface area contributed by atoms with Crippen molar-refractivity contribution in [2.24, 2.45) is 5.73 Å². The largest absolute Gasteiger partial charge is 0.397 e. The van der Waals surface area contributed by atoms with E-state index in [1.165, 1.54) is 0 Å². The zero-order valence-corrected chi connectivity index (χ0v) is 8.30. The van der Waals surface area contributed by atoms with Crippen LogP contribution in [-0.2, 0) is 9.47 Å². The molecule has 0 bridgehead atoms. The molecule has 0 amide bonds. The lowest BCUT2D eigenvalue weighted by Crippen LogP contribution is -2.32. The van der Waals surface area contributed by atoms with E-state index in [1.54, 1.807) is 6.92 Å². The van der Waals surface area contributed by atoms with Gasteiger partial charge in [0.05, 0.1) is 13.2 Å². The molecule has 0 aromatic carbocycles. The first-order valence-electron chi connectivity index (χ1n) is 4.57. The minimum absolute atomic E-state index is 0.121. The normalized spacial score (nSPS) is 31.1. The van der Waals surface area contributed by atoms with Crippen LogP contribution in [0.5, 0.6) is 0 Å². The van der Waals surface area contributed by atoms with Crippen LogP contribution >= 0.6 is 0 Å². The third-order valence-corrected chi connectivity index (χ3v) is 1.50. The quantitative estimate of drug-likeness (QED) is 0.430. The van der Waals surface area contributed by atoms with E-state index in [1.807, 2.05) is 0 Å². The van der Waals surface area contributed by atoms with Gasteiger partial charge in [0.1, 0.15) is 12.2 Å². The van der Waals surface area contributed by atoms with E-state index in [0.29, 0.717) is 13.2 Å². The van der Waals surface area contributed by atoms with Crippen molar-refractivity contribution in [1.82, 2.24) is 0 Å². The summed E-state index contributed by atoms with van der Waals surface area (Å²) in [7, 11) is 0. The van der Waals surface area contributed by atoms with E-state index in [0.717, 1.165) is 0 Å². The van der Waals surface area contributed by atoms with Crippen LogP contribution < -0.4 is 5.73 Å². The molecule has 1 aliphatic heterocycles. The van der Waals surface area contributed by atoms with Gasteiger partial charge in [-0.15, -0.1) is 0 Å². The fourth-order valence-electron chi connectivity index (χ4n) is 0.903. The first-order valence-corrected chi connectivity index (χ1v) is 4.57. The first-order chi connectivity index (χ1) is 6.67. The van der Waals surface area contributed by atoms with Crippen LogP contribution in [-0.4, -0.2) is 60.2 Å². The fraction of sp³-hybridized carbons (Fsp3) is 1.00. The number of nitrogens with two attached hydrogens (primary N) is 1. The van der Waals surface area contributed by atoms with Gasteiger partial charge in [0.25, 0.3) is 0 Å². The molecule has 1 rings (SSSR count). The summed E-state index contributed by atoms with van der Waals surface area (Å²) in [5.74, 6) is 0. The molecule has 6 heteroatoms. The molecule has 3 atom stereocenters. The summed E-state index contributed by atoms with van der Waals surface area (Å²) in [5, 5.41) is 25.7. The highest BCUT2D eigenvalue weighted by molar-refractivity contribution is 4.77. The Balaban J connectivity index is 0.000000500. The number of aliphatic hydroxyl groups is 3. The Labute approximate surface area is 83.2 Å². The third kappa shape index (κ3) is 4.85. The molecule has 6 nitrogen and oxygen atoms in total.